The Balaban J connectivity index is 2.23. The highest BCUT2D eigenvalue weighted by atomic mass is 16.3. The van der Waals surface area contributed by atoms with Gasteiger partial charge in [-0.25, -0.2) is 0 Å². The summed E-state index contributed by atoms with van der Waals surface area (Å²) in [5.41, 5.74) is 6.88. The molecule has 0 amide bonds. The molecule has 1 saturated carbocycles. The lowest BCUT2D eigenvalue weighted by atomic mass is 9.59. The Labute approximate surface area is 103 Å². The molecule has 0 bridgehead atoms. The second-order valence-electron chi connectivity index (χ2n) is 6.12. The van der Waals surface area contributed by atoms with Gasteiger partial charge in [-0.15, -0.1) is 0 Å². The maximum Gasteiger partial charge on any atom is 0.0934 e. The molecule has 1 heterocycles. The van der Waals surface area contributed by atoms with Crippen LogP contribution in [0.5, 0.6) is 0 Å². The molecule has 0 saturated heterocycles. The fourth-order valence-electron chi connectivity index (χ4n) is 3.27. The summed E-state index contributed by atoms with van der Waals surface area (Å²) < 4.78 is 5.11. The Bertz CT molecular complexity index is 358. The summed E-state index contributed by atoms with van der Waals surface area (Å²) in [5.74, 6) is 0. The second kappa shape index (κ2) is 4.46. The zero-order chi connectivity index (χ0) is 12.5. The predicted molar refractivity (Wildman–Crippen MR) is 67.5 cm³/mol. The van der Waals surface area contributed by atoms with Crippen molar-refractivity contribution in [1.29, 1.82) is 0 Å². The van der Waals surface area contributed by atoms with Gasteiger partial charge < -0.3 is 15.3 Å². The summed E-state index contributed by atoms with van der Waals surface area (Å²) >= 11 is 0. The molecule has 2 rings (SSSR count). The summed E-state index contributed by atoms with van der Waals surface area (Å²) in [6.07, 6.45) is 7.11. The lowest BCUT2D eigenvalue weighted by Crippen LogP contribution is -2.53. The molecule has 1 aromatic heterocycles. The van der Waals surface area contributed by atoms with Crippen LogP contribution in [-0.2, 0) is 6.42 Å². The SMILES string of the molecule is CC1(C)CCCC(CN)(Cc2ccoc2)C1O. The molecule has 0 aromatic carbocycles. The molecule has 2 atom stereocenters. The number of aliphatic hydroxyl groups is 1. The molecule has 1 aromatic rings. The van der Waals surface area contributed by atoms with Gasteiger partial charge in [0.15, 0.2) is 0 Å². The summed E-state index contributed by atoms with van der Waals surface area (Å²) in [7, 11) is 0. The molecule has 96 valence electrons. The van der Waals surface area contributed by atoms with Crippen LogP contribution in [0.2, 0.25) is 0 Å². The van der Waals surface area contributed by atoms with Crippen molar-refractivity contribution in [3.63, 3.8) is 0 Å². The molecule has 3 N–H and O–H groups in total. The number of hydrogen-bond acceptors (Lipinski definition) is 3. The molecule has 0 aliphatic heterocycles. The van der Waals surface area contributed by atoms with E-state index in [1.807, 2.05) is 6.07 Å². The predicted octanol–water partition coefficient (Wildman–Crippen LogP) is 2.34. The van der Waals surface area contributed by atoms with E-state index in [1.54, 1.807) is 12.5 Å². The molecule has 17 heavy (non-hydrogen) atoms. The van der Waals surface area contributed by atoms with E-state index in [1.165, 1.54) is 0 Å². The van der Waals surface area contributed by atoms with Crippen molar-refractivity contribution in [1.82, 2.24) is 0 Å². The third kappa shape index (κ3) is 2.26. The fourth-order valence-corrected chi connectivity index (χ4v) is 3.27. The van der Waals surface area contributed by atoms with Crippen molar-refractivity contribution in [2.45, 2.75) is 45.6 Å². The lowest BCUT2D eigenvalue weighted by molar-refractivity contribution is -0.0885. The van der Waals surface area contributed by atoms with Crippen molar-refractivity contribution in [3.05, 3.63) is 24.2 Å². The number of rotatable bonds is 3. The quantitative estimate of drug-likeness (QED) is 0.848. The van der Waals surface area contributed by atoms with Gasteiger partial charge in [0.2, 0.25) is 0 Å². The monoisotopic (exact) mass is 237 g/mol. The highest BCUT2D eigenvalue weighted by molar-refractivity contribution is 5.12. The molecule has 1 fully saturated rings. The highest BCUT2D eigenvalue weighted by Gasteiger charge is 2.47. The van der Waals surface area contributed by atoms with Crippen LogP contribution in [0.25, 0.3) is 0 Å². The van der Waals surface area contributed by atoms with Crippen LogP contribution in [-0.4, -0.2) is 17.8 Å². The third-order valence-corrected chi connectivity index (χ3v) is 4.36. The van der Waals surface area contributed by atoms with Crippen LogP contribution in [0, 0.1) is 10.8 Å². The Morgan fingerprint density at radius 2 is 2.24 bits per heavy atom. The molecule has 3 heteroatoms. The Kier molecular flexibility index (Phi) is 3.32. The number of hydrogen-bond donors (Lipinski definition) is 2. The van der Waals surface area contributed by atoms with Gasteiger partial charge in [0, 0.05) is 12.0 Å². The molecule has 1 aliphatic carbocycles. The third-order valence-electron chi connectivity index (χ3n) is 4.36. The van der Waals surface area contributed by atoms with Gasteiger partial charge in [0.05, 0.1) is 18.6 Å². The first-order chi connectivity index (χ1) is 8.00. The van der Waals surface area contributed by atoms with E-state index in [2.05, 4.69) is 13.8 Å². The summed E-state index contributed by atoms with van der Waals surface area (Å²) in [4.78, 5) is 0. The Hall–Kier alpha value is -0.800. The number of aliphatic hydroxyl groups excluding tert-OH is 1. The number of furan rings is 1. The minimum atomic E-state index is -0.344. The van der Waals surface area contributed by atoms with Gasteiger partial charge in [-0.2, -0.15) is 0 Å². The first-order valence-electron chi connectivity index (χ1n) is 6.39. The average molecular weight is 237 g/mol. The molecule has 1 aliphatic rings. The standard InChI is InChI=1S/C14H23NO2/c1-13(2)5-3-6-14(10-15,12(13)16)8-11-4-7-17-9-11/h4,7,9,12,16H,3,5-6,8,10,15H2,1-2H3. The van der Waals surface area contributed by atoms with Crippen LogP contribution in [0.3, 0.4) is 0 Å². The molecular weight excluding hydrogens is 214 g/mol. The van der Waals surface area contributed by atoms with Crippen LogP contribution in [0.15, 0.2) is 23.0 Å². The van der Waals surface area contributed by atoms with Gasteiger partial charge in [-0.3, -0.25) is 0 Å². The van der Waals surface area contributed by atoms with E-state index in [0.29, 0.717) is 6.54 Å². The van der Waals surface area contributed by atoms with Crippen LogP contribution < -0.4 is 5.73 Å². The minimum Gasteiger partial charge on any atom is -0.472 e. The van der Waals surface area contributed by atoms with Crippen molar-refractivity contribution >= 4 is 0 Å². The molecule has 2 unspecified atom stereocenters. The van der Waals surface area contributed by atoms with E-state index in [-0.39, 0.29) is 16.9 Å². The largest absolute Gasteiger partial charge is 0.472 e. The van der Waals surface area contributed by atoms with Gasteiger partial charge in [0.1, 0.15) is 0 Å². The van der Waals surface area contributed by atoms with E-state index < -0.39 is 0 Å². The summed E-state index contributed by atoms with van der Waals surface area (Å²) in [6.45, 7) is 4.80. The van der Waals surface area contributed by atoms with E-state index in [4.69, 9.17) is 10.2 Å². The average Bonchev–Trinajstić information content (AvgIpc) is 2.77. The van der Waals surface area contributed by atoms with E-state index in [0.717, 1.165) is 31.2 Å². The zero-order valence-corrected chi connectivity index (χ0v) is 10.8. The number of nitrogens with two attached hydrogens (primary N) is 1. The smallest absolute Gasteiger partial charge is 0.0934 e. The van der Waals surface area contributed by atoms with Crippen LogP contribution >= 0.6 is 0 Å². The molecule has 0 radical (unpaired) electrons. The Morgan fingerprint density at radius 3 is 2.82 bits per heavy atom. The minimum absolute atomic E-state index is 0.0403. The maximum atomic E-state index is 10.6. The van der Waals surface area contributed by atoms with Gasteiger partial charge in [-0.05, 0) is 36.3 Å². The molecular formula is C14H23NO2. The first-order valence-corrected chi connectivity index (χ1v) is 6.39. The van der Waals surface area contributed by atoms with Crippen LogP contribution in [0.1, 0.15) is 38.7 Å². The lowest BCUT2D eigenvalue weighted by Gasteiger charge is -2.49. The van der Waals surface area contributed by atoms with Crippen molar-refractivity contribution in [2.75, 3.05) is 6.54 Å². The van der Waals surface area contributed by atoms with Gasteiger partial charge in [0.25, 0.3) is 0 Å². The Morgan fingerprint density at radius 1 is 1.47 bits per heavy atom. The zero-order valence-electron chi connectivity index (χ0n) is 10.8. The summed E-state index contributed by atoms with van der Waals surface area (Å²) in [6, 6.07) is 1.96. The van der Waals surface area contributed by atoms with E-state index in [9.17, 15) is 5.11 Å². The van der Waals surface area contributed by atoms with Crippen molar-refractivity contribution in [2.24, 2.45) is 16.6 Å². The molecule has 0 spiro atoms. The molecule has 3 nitrogen and oxygen atoms in total. The van der Waals surface area contributed by atoms with E-state index >= 15 is 0 Å². The van der Waals surface area contributed by atoms with Crippen LogP contribution in [0.4, 0.5) is 0 Å². The summed E-state index contributed by atoms with van der Waals surface area (Å²) in [5, 5.41) is 10.6. The van der Waals surface area contributed by atoms with Crippen molar-refractivity contribution < 1.29 is 9.52 Å². The topological polar surface area (TPSA) is 59.4 Å². The second-order valence-corrected chi connectivity index (χ2v) is 6.12. The highest BCUT2D eigenvalue weighted by Crippen LogP contribution is 2.47. The fraction of sp³-hybridized carbons (Fsp3) is 0.714. The van der Waals surface area contributed by atoms with Crippen molar-refractivity contribution in [3.8, 4) is 0 Å². The maximum absolute atomic E-state index is 10.6. The normalized spacial score (nSPS) is 32.6. The van der Waals surface area contributed by atoms with Gasteiger partial charge >= 0.3 is 0 Å². The first kappa shape index (κ1) is 12.7. The van der Waals surface area contributed by atoms with Gasteiger partial charge in [-0.1, -0.05) is 20.3 Å².